The van der Waals surface area contributed by atoms with Gasteiger partial charge >= 0.3 is 0 Å². The van der Waals surface area contributed by atoms with Gasteiger partial charge in [-0.15, -0.1) is 0 Å². The van der Waals surface area contributed by atoms with Crippen LogP contribution in [0.15, 0.2) is 24.3 Å². The minimum atomic E-state index is 0.484. The number of hydrogen-bond donors (Lipinski definition) is 1. The predicted octanol–water partition coefficient (Wildman–Crippen LogP) is 2.80. The fourth-order valence-corrected chi connectivity index (χ4v) is 2.11. The Morgan fingerprint density at radius 3 is 2.65 bits per heavy atom. The van der Waals surface area contributed by atoms with Crippen molar-refractivity contribution in [1.29, 1.82) is 0 Å². The number of thiocarbonyl (C=S) groups is 1. The molecule has 1 atom stereocenters. The quantitative estimate of drug-likeness (QED) is 0.787. The van der Waals surface area contributed by atoms with Crippen molar-refractivity contribution < 1.29 is 0 Å². The molecule has 0 heterocycles. The van der Waals surface area contributed by atoms with Gasteiger partial charge in [0, 0.05) is 18.7 Å². The van der Waals surface area contributed by atoms with E-state index < -0.39 is 0 Å². The van der Waals surface area contributed by atoms with E-state index in [0.29, 0.717) is 4.99 Å². The molecule has 0 radical (unpaired) electrons. The molecule has 3 heteroatoms. The molecule has 0 amide bonds. The molecule has 17 heavy (non-hydrogen) atoms. The van der Waals surface area contributed by atoms with Crippen molar-refractivity contribution in [3.8, 4) is 0 Å². The first-order valence-electron chi connectivity index (χ1n) is 6.10. The first-order chi connectivity index (χ1) is 8.04. The molecule has 94 valence electrons. The molecule has 0 fully saturated rings. The summed E-state index contributed by atoms with van der Waals surface area (Å²) >= 11 is 5.07. The SMILES string of the molecule is CCC(C)CN(C)Cc1ccccc1C(N)=S. The predicted molar refractivity (Wildman–Crippen MR) is 78.1 cm³/mol. The van der Waals surface area contributed by atoms with Crippen LogP contribution < -0.4 is 5.73 Å². The molecular weight excluding hydrogens is 228 g/mol. The van der Waals surface area contributed by atoms with Crippen LogP contribution in [0.1, 0.15) is 31.4 Å². The van der Waals surface area contributed by atoms with Crippen LogP contribution >= 0.6 is 12.2 Å². The monoisotopic (exact) mass is 250 g/mol. The summed E-state index contributed by atoms with van der Waals surface area (Å²) in [6.07, 6.45) is 1.21. The van der Waals surface area contributed by atoms with Crippen molar-refractivity contribution >= 4 is 17.2 Å². The highest BCUT2D eigenvalue weighted by Gasteiger charge is 2.09. The third-order valence-corrected chi connectivity index (χ3v) is 3.26. The summed E-state index contributed by atoms with van der Waals surface area (Å²) in [7, 11) is 2.14. The molecule has 0 aromatic heterocycles. The van der Waals surface area contributed by atoms with Gasteiger partial charge in [0.05, 0.1) is 0 Å². The van der Waals surface area contributed by atoms with Crippen LogP contribution in [-0.2, 0) is 6.54 Å². The maximum Gasteiger partial charge on any atom is 0.104 e. The molecule has 2 nitrogen and oxygen atoms in total. The first-order valence-corrected chi connectivity index (χ1v) is 6.51. The van der Waals surface area contributed by atoms with E-state index in [1.54, 1.807) is 0 Å². The molecule has 0 spiro atoms. The van der Waals surface area contributed by atoms with Crippen LogP contribution in [0.3, 0.4) is 0 Å². The molecule has 0 bridgehead atoms. The van der Waals surface area contributed by atoms with Crippen LogP contribution in [0.25, 0.3) is 0 Å². The first kappa shape index (κ1) is 14.1. The van der Waals surface area contributed by atoms with Crippen molar-refractivity contribution in [1.82, 2.24) is 4.90 Å². The number of nitrogens with zero attached hydrogens (tertiary/aromatic N) is 1. The molecule has 1 aromatic rings. The Labute approximate surface area is 110 Å². The highest BCUT2D eigenvalue weighted by atomic mass is 32.1. The largest absolute Gasteiger partial charge is 0.389 e. The summed E-state index contributed by atoms with van der Waals surface area (Å²) in [4.78, 5) is 2.81. The Balaban J connectivity index is 2.71. The van der Waals surface area contributed by atoms with E-state index in [0.717, 1.165) is 24.6 Å². The van der Waals surface area contributed by atoms with Crippen molar-refractivity contribution in [2.24, 2.45) is 11.7 Å². The van der Waals surface area contributed by atoms with E-state index in [4.69, 9.17) is 18.0 Å². The van der Waals surface area contributed by atoms with E-state index in [2.05, 4.69) is 31.9 Å². The van der Waals surface area contributed by atoms with Gasteiger partial charge in [-0.1, -0.05) is 56.8 Å². The molecule has 1 unspecified atom stereocenters. The summed E-state index contributed by atoms with van der Waals surface area (Å²) in [5, 5.41) is 0. The summed E-state index contributed by atoms with van der Waals surface area (Å²) in [6.45, 7) is 6.50. The second kappa shape index (κ2) is 6.72. The van der Waals surface area contributed by atoms with E-state index >= 15 is 0 Å². The lowest BCUT2D eigenvalue weighted by Gasteiger charge is -2.21. The van der Waals surface area contributed by atoms with E-state index in [1.165, 1.54) is 12.0 Å². The molecule has 1 rings (SSSR count). The van der Waals surface area contributed by atoms with E-state index in [9.17, 15) is 0 Å². The molecule has 1 aromatic carbocycles. The molecule has 2 N–H and O–H groups in total. The molecule has 0 aliphatic rings. The van der Waals surface area contributed by atoms with Gasteiger partial charge in [-0.3, -0.25) is 0 Å². The standard InChI is InChI=1S/C14H22N2S/c1-4-11(2)9-16(3)10-12-7-5-6-8-13(12)14(15)17/h5-8,11H,4,9-10H2,1-3H3,(H2,15,17). The number of nitrogens with two attached hydrogens (primary N) is 1. The number of rotatable bonds is 6. The van der Waals surface area contributed by atoms with Crippen LogP contribution in [0, 0.1) is 5.92 Å². The van der Waals surface area contributed by atoms with Crippen LogP contribution in [0.5, 0.6) is 0 Å². The van der Waals surface area contributed by atoms with Crippen molar-refractivity contribution in [2.45, 2.75) is 26.8 Å². The lowest BCUT2D eigenvalue weighted by atomic mass is 10.1. The van der Waals surface area contributed by atoms with Gasteiger partial charge in [-0.05, 0) is 18.5 Å². The fourth-order valence-electron chi connectivity index (χ4n) is 1.92. The maximum absolute atomic E-state index is 5.73. The van der Waals surface area contributed by atoms with Crippen LogP contribution in [-0.4, -0.2) is 23.5 Å². The minimum absolute atomic E-state index is 0.484. The van der Waals surface area contributed by atoms with Gasteiger partial charge in [0.15, 0.2) is 0 Å². The lowest BCUT2D eigenvalue weighted by molar-refractivity contribution is 0.275. The summed E-state index contributed by atoms with van der Waals surface area (Å²) < 4.78 is 0. The average Bonchev–Trinajstić information content (AvgIpc) is 2.29. The Hall–Kier alpha value is -0.930. The highest BCUT2D eigenvalue weighted by Crippen LogP contribution is 2.12. The Morgan fingerprint density at radius 2 is 2.06 bits per heavy atom. The average molecular weight is 250 g/mol. The summed E-state index contributed by atoms with van der Waals surface area (Å²) in [6, 6.07) is 8.11. The highest BCUT2D eigenvalue weighted by molar-refractivity contribution is 7.80. The molecule has 0 saturated heterocycles. The minimum Gasteiger partial charge on any atom is -0.389 e. The molecular formula is C14H22N2S. The zero-order valence-corrected chi connectivity index (χ0v) is 11.8. The topological polar surface area (TPSA) is 29.3 Å². The zero-order valence-electron chi connectivity index (χ0n) is 10.9. The van der Waals surface area contributed by atoms with E-state index in [-0.39, 0.29) is 0 Å². The Kier molecular flexibility index (Phi) is 5.59. The summed E-state index contributed by atoms with van der Waals surface area (Å²) in [5.74, 6) is 0.719. The van der Waals surface area contributed by atoms with Gasteiger partial charge in [-0.25, -0.2) is 0 Å². The third kappa shape index (κ3) is 4.44. The zero-order chi connectivity index (χ0) is 12.8. The van der Waals surface area contributed by atoms with Crippen molar-refractivity contribution in [3.63, 3.8) is 0 Å². The smallest absolute Gasteiger partial charge is 0.104 e. The van der Waals surface area contributed by atoms with Gasteiger partial charge in [-0.2, -0.15) is 0 Å². The second-order valence-corrected chi connectivity index (χ2v) is 5.17. The second-order valence-electron chi connectivity index (χ2n) is 4.73. The van der Waals surface area contributed by atoms with Gasteiger partial charge in [0.25, 0.3) is 0 Å². The van der Waals surface area contributed by atoms with Gasteiger partial charge in [0.2, 0.25) is 0 Å². The fraction of sp³-hybridized carbons (Fsp3) is 0.500. The number of hydrogen-bond acceptors (Lipinski definition) is 2. The van der Waals surface area contributed by atoms with Gasteiger partial charge in [0.1, 0.15) is 4.99 Å². The maximum atomic E-state index is 5.73. The third-order valence-electron chi connectivity index (χ3n) is 3.04. The Morgan fingerprint density at radius 1 is 1.41 bits per heavy atom. The van der Waals surface area contributed by atoms with Crippen molar-refractivity contribution in [2.75, 3.05) is 13.6 Å². The normalized spacial score (nSPS) is 12.7. The van der Waals surface area contributed by atoms with Crippen LogP contribution in [0.4, 0.5) is 0 Å². The van der Waals surface area contributed by atoms with E-state index in [1.807, 2.05) is 18.2 Å². The van der Waals surface area contributed by atoms with Crippen molar-refractivity contribution in [3.05, 3.63) is 35.4 Å². The molecule has 0 aliphatic carbocycles. The van der Waals surface area contributed by atoms with Gasteiger partial charge < -0.3 is 10.6 Å². The summed E-state index contributed by atoms with van der Waals surface area (Å²) in [5.41, 5.74) is 7.94. The molecule has 0 saturated carbocycles. The molecule has 0 aliphatic heterocycles. The van der Waals surface area contributed by atoms with Crippen LogP contribution in [0.2, 0.25) is 0 Å². The Bertz CT molecular complexity index is 376. The number of benzene rings is 1. The lowest BCUT2D eigenvalue weighted by Crippen LogP contribution is -2.25.